The van der Waals surface area contributed by atoms with Gasteiger partial charge in [-0.3, -0.25) is 9.59 Å². The standard InChI is InChI=1S/C20H22BrClN2O3/c1-13-9-17(7-8-18(13)22)27-12-19(25)24(14(2)20(26)23-3)11-15-5-4-6-16(21)10-15/h4-10,14H,11-12H2,1-3H3,(H,23,26). The lowest BCUT2D eigenvalue weighted by molar-refractivity contribution is -0.142. The van der Waals surface area contributed by atoms with Gasteiger partial charge in [0, 0.05) is 23.1 Å². The van der Waals surface area contributed by atoms with Crippen LogP contribution in [0.2, 0.25) is 5.02 Å². The van der Waals surface area contributed by atoms with Crippen LogP contribution in [0.4, 0.5) is 0 Å². The summed E-state index contributed by atoms with van der Waals surface area (Å²) >= 11 is 9.43. The summed E-state index contributed by atoms with van der Waals surface area (Å²) in [6, 6.07) is 12.2. The summed E-state index contributed by atoms with van der Waals surface area (Å²) in [7, 11) is 1.55. The highest BCUT2D eigenvalue weighted by molar-refractivity contribution is 9.10. The van der Waals surface area contributed by atoms with E-state index in [9.17, 15) is 9.59 Å². The molecule has 1 N–H and O–H groups in total. The molecule has 2 aromatic carbocycles. The van der Waals surface area contributed by atoms with Crippen molar-refractivity contribution in [2.45, 2.75) is 26.4 Å². The molecule has 7 heteroatoms. The molecule has 0 spiro atoms. The molecule has 0 aliphatic carbocycles. The van der Waals surface area contributed by atoms with E-state index in [2.05, 4.69) is 21.2 Å². The zero-order valence-corrected chi connectivity index (χ0v) is 17.8. The van der Waals surface area contributed by atoms with Gasteiger partial charge >= 0.3 is 0 Å². The Balaban J connectivity index is 2.14. The second-order valence-corrected chi connectivity index (χ2v) is 7.46. The molecule has 1 unspecified atom stereocenters. The van der Waals surface area contributed by atoms with Crippen molar-refractivity contribution in [1.82, 2.24) is 10.2 Å². The van der Waals surface area contributed by atoms with Crippen LogP contribution in [0.15, 0.2) is 46.9 Å². The summed E-state index contributed by atoms with van der Waals surface area (Å²) in [6.45, 7) is 3.69. The van der Waals surface area contributed by atoms with Gasteiger partial charge in [-0.1, -0.05) is 39.7 Å². The molecule has 144 valence electrons. The number of ether oxygens (including phenoxy) is 1. The number of carbonyl (C=O) groups excluding carboxylic acids is 2. The fourth-order valence-corrected chi connectivity index (χ4v) is 3.12. The molecule has 0 saturated heterocycles. The van der Waals surface area contributed by atoms with E-state index < -0.39 is 6.04 Å². The average Bonchev–Trinajstić information content (AvgIpc) is 2.65. The third-order valence-corrected chi connectivity index (χ3v) is 5.06. The lowest BCUT2D eigenvalue weighted by Gasteiger charge is -2.28. The maximum absolute atomic E-state index is 12.8. The predicted molar refractivity (Wildman–Crippen MR) is 110 cm³/mol. The van der Waals surface area contributed by atoms with Gasteiger partial charge in [-0.2, -0.15) is 0 Å². The number of hydrogen-bond donors (Lipinski definition) is 1. The van der Waals surface area contributed by atoms with Crippen molar-refractivity contribution in [3.8, 4) is 5.75 Å². The van der Waals surface area contributed by atoms with Crippen LogP contribution in [0.3, 0.4) is 0 Å². The molecule has 0 aromatic heterocycles. The van der Waals surface area contributed by atoms with E-state index in [1.54, 1.807) is 32.2 Å². The van der Waals surface area contributed by atoms with Gasteiger partial charge in [-0.25, -0.2) is 0 Å². The van der Waals surface area contributed by atoms with E-state index in [4.69, 9.17) is 16.3 Å². The minimum Gasteiger partial charge on any atom is -0.484 e. The molecule has 27 heavy (non-hydrogen) atoms. The number of hydrogen-bond acceptors (Lipinski definition) is 3. The maximum atomic E-state index is 12.8. The largest absolute Gasteiger partial charge is 0.484 e. The Morgan fingerprint density at radius 2 is 2.00 bits per heavy atom. The molecule has 0 heterocycles. The average molecular weight is 454 g/mol. The molecule has 2 amide bonds. The molecule has 1 atom stereocenters. The number of aryl methyl sites for hydroxylation is 1. The van der Waals surface area contributed by atoms with Gasteiger partial charge in [-0.05, 0) is 55.3 Å². The van der Waals surface area contributed by atoms with Crippen LogP contribution in [0.25, 0.3) is 0 Å². The van der Waals surface area contributed by atoms with Crippen molar-refractivity contribution >= 4 is 39.3 Å². The van der Waals surface area contributed by atoms with E-state index in [0.29, 0.717) is 17.3 Å². The number of carbonyl (C=O) groups is 2. The molecule has 0 saturated carbocycles. The first-order chi connectivity index (χ1) is 12.8. The molecule has 5 nitrogen and oxygen atoms in total. The Morgan fingerprint density at radius 3 is 2.63 bits per heavy atom. The van der Waals surface area contributed by atoms with Crippen LogP contribution < -0.4 is 10.1 Å². The number of rotatable bonds is 7. The quantitative estimate of drug-likeness (QED) is 0.690. The highest BCUT2D eigenvalue weighted by Gasteiger charge is 2.25. The van der Waals surface area contributed by atoms with Gasteiger partial charge in [0.15, 0.2) is 6.61 Å². The summed E-state index contributed by atoms with van der Waals surface area (Å²) in [6.07, 6.45) is 0. The van der Waals surface area contributed by atoms with Crippen LogP contribution >= 0.6 is 27.5 Å². The van der Waals surface area contributed by atoms with Crippen LogP contribution in [-0.2, 0) is 16.1 Å². The second-order valence-electron chi connectivity index (χ2n) is 6.14. The third-order valence-electron chi connectivity index (χ3n) is 4.15. The van der Waals surface area contributed by atoms with Crippen LogP contribution in [0.1, 0.15) is 18.1 Å². The number of likely N-dealkylation sites (N-methyl/N-ethyl adjacent to an activating group) is 1. The van der Waals surface area contributed by atoms with Gasteiger partial charge in [0.1, 0.15) is 11.8 Å². The van der Waals surface area contributed by atoms with E-state index >= 15 is 0 Å². The minimum absolute atomic E-state index is 0.170. The Morgan fingerprint density at radius 1 is 1.26 bits per heavy atom. The smallest absolute Gasteiger partial charge is 0.261 e. The van der Waals surface area contributed by atoms with Gasteiger partial charge in [0.05, 0.1) is 0 Å². The number of nitrogens with zero attached hydrogens (tertiary/aromatic N) is 1. The molecule has 0 bridgehead atoms. The Bertz CT molecular complexity index is 829. The zero-order valence-electron chi connectivity index (χ0n) is 15.5. The van der Waals surface area contributed by atoms with Gasteiger partial charge in [-0.15, -0.1) is 0 Å². The highest BCUT2D eigenvalue weighted by atomic mass is 79.9. The van der Waals surface area contributed by atoms with Crippen molar-refractivity contribution < 1.29 is 14.3 Å². The fraction of sp³-hybridized carbons (Fsp3) is 0.300. The number of nitrogens with one attached hydrogen (secondary N) is 1. The lowest BCUT2D eigenvalue weighted by Crippen LogP contribution is -2.48. The second kappa shape index (κ2) is 9.76. The van der Waals surface area contributed by atoms with E-state index in [-0.39, 0.29) is 18.4 Å². The molecule has 0 fully saturated rings. The van der Waals surface area contributed by atoms with Crippen molar-refractivity contribution in [2.75, 3.05) is 13.7 Å². The first-order valence-electron chi connectivity index (χ1n) is 8.46. The predicted octanol–water partition coefficient (Wildman–Crippen LogP) is 3.95. The minimum atomic E-state index is -0.628. The van der Waals surface area contributed by atoms with Gasteiger partial charge in [0.25, 0.3) is 5.91 Å². The molecule has 0 radical (unpaired) electrons. The summed E-state index contributed by atoms with van der Waals surface area (Å²) in [5, 5.41) is 3.22. The van der Waals surface area contributed by atoms with Crippen molar-refractivity contribution in [2.24, 2.45) is 0 Å². The topological polar surface area (TPSA) is 58.6 Å². The van der Waals surface area contributed by atoms with Crippen LogP contribution in [0, 0.1) is 6.92 Å². The number of benzene rings is 2. The normalized spacial score (nSPS) is 11.6. The highest BCUT2D eigenvalue weighted by Crippen LogP contribution is 2.21. The van der Waals surface area contributed by atoms with Crippen LogP contribution in [-0.4, -0.2) is 36.4 Å². The van der Waals surface area contributed by atoms with Crippen molar-refractivity contribution in [3.05, 3.63) is 63.1 Å². The zero-order chi connectivity index (χ0) is 20.0. The van der Waals surface area contributed by atoms with Crippen molar-refractivity contribution in [1.29, 1.82) is 0 Å². The first kappa shape index (κ1) is 21.3. The third kappa shape index (κ3) is 5.97. The number of halogens is 2. The molecular weight excluding hydrogens is 432 g/mol. The lowest BCUT2D eigenvalue weighted by atomic mass is 10.1. The van der Waals surface area contributed by atoms with Crippen LogP contribution in [0.5, 0.6) is 5.75 Å². The SMILES string of the molecule is CNC(=O)C(C)N(Cc1cccc(Br)c1)C(=O)COc1ccc(Cl)c(C)c1. The van der Waals surface area contributed by atoms with E-state index in [1.807, 2.05) is 31.2 Å². The Kier molecular flexibility index (Phi) is 7.68. The van der Waals surface area contributed by atoms with Gasteiger partial charge in [0.2, 0.25) is 5.91 Å². The molecule has 0 aliphatic heterocycles. The maximum Gasteiger partial charge on any atom is 0.261 e. The van der Waals surface area contributed by atoms with E-state index in [1.165, 1.54) is 4.90 Å². The molecular formula is C20H22BrClN2O3. The van der Waals surface area contributed by atoms with Crippen molar-refractivity contribution in [3.63, 3.8) is 0 Å². The Hall–Kier alpha value is -2.05. The summed E-state index contributed by atoms with van der Waals surface area (Å²) in [4.78, 5) is 26.4. The van der Waals surface area contributed by atoms with E-state index in [0.717, 1.165) is 15.6 Å². The van der Waals surface area contributed by atoms with Gasteiger partial charge < -0.3 is 15.0 Å². The molecule has 0 aliphatic rings. The first-order valence-corrected chi connectivity index (χ1v) is 9.63. The number of amides is 2. The molecule has 2 rings (SSSR count). The Labute approximate surface area is 172 Å². The summed E-state index contributed by atoms with van der Waals surface area (Å²) < 4.78 is 6.53. The summed E-state index contributed by atoms with van der Waals surface area (Å²) in [5.41, 5.74) is 1.78. The summed E-state index contributed by atoms with van der Waals surface area (Å²) in [5.74, 6) is 0.0413. The monoisotopic (exact) mass is 452 g/mol. The molecule has 2 aromatic rings. The fourth-order valence-electron chi connectivity index (χ4n) is 2.56.